The summed E-state index contributed by atoms with van der Waals surface area (Å²) in [6, 6.07) is 5.91. The zero-order valence-corrected chi connectivity index (χ0v) is 15.2. The van der Waals surface area contributed by atoms with E-state index in [9.17, 15) is 9.59 Å². The highest BCUT2D eigenvalue weighted by molar-refractivity contribution is 5.79. The summed E-state index contributed by atoms with van der Waals surface area (Å²) in [5, 5.41) is 27.4. The second kappa shape index (κ2) is 10.7. The fourth-order valence-electron chi connectivity index (χ4n) is 1.77. The first kappa shape index (κ1) is 21.8. The number of carboxylic acids is 2. The Hall–Kier alpha value is -3.27. The molecule has 146 valence electrons. The van der Waals surface area contributed by atoms with Gasteiger partial charge in [0.2, 0.25) is 0 Å². The molecule has 4 N–H and O–H groups in total. The lowest BCUT2D eigenvalue weighted by Crippen LogP contribution is -2.22. The number of aromatic nitrogens is 3. The number of aliphatic hydroxyl groups excluding tert-OH is 1. The van der Waals surface area contributed by atoms with Crippen molar-refractivity contribution in [3.05, 3.63) is 30.6 Å². The number of hydrogen-bond donors (Lipinski definition) is 4. The number of carboxylic acid groups (broad SMARTS) is 2. The number of nitrogens with one attached hydrogen (secondary N) is 1. The number of pyridine rings is 1. The van der Waals surface area contributed by atoms with Gasteiger partial charge in [0.1, 0.15) is 5.69 Å². The average Bonchev–Trinajstić information content (AvgIpc) is 2.62. The third-order valence-corrected chi connectivity index (χ3v) is 2.95. The molecule has 2 heterocycles. The van der Waals surface area contributed by atoms with Gasteiger partial charge in [-0.15, -0.1) is 0 Å². The van der Waals surface area contributed by atoms with Crippen molar-refractivity contribution in [2.45, 2.75) is 32.4 Å². The minimum absolute atomic E-state index is 0.269. The number of rotatable bonds is 7. The molecule has 0 radical (unpaired) electrons. The summed E-state index contributed by atoms with van der Waals surface area (Å²) >= 11 is 0. The molecule has 0 aromatic carbocycles. The molecule has 0 aliphatic carbocycles. The zero-order chi connectivity index (χ0) is 20.4. The van der Waals surface area contributed by atoms with Gasteiger partial charge in [-0.2, -0.15) is 0 Å². The number of aliphatic hydroxyl groups is 1. The molecular formula is C17H22N4O6. The molecule has 0 saturated carbocycles. The second-order valence-corrected chi connectivity index (χ2v) is 5.58. The van der Waals surface area contributed by atoms with Crippen LogP contribution in [0.4, 0.5) is 5.82 Å². The van der Waals surface area contributed by atoms with E-state index >= 15 is 0 Å². The van der Waals surface area contributed by atoms with Crippen LogP contribution in [0.2, 0.25) is 0 Å². The Bertz CT molecular complexity index is 754. The normalized spacial score (nSPS) is 11.1. The van der Waals surface area contributed by atoms with Crippen molar-refractivity contribution in [1.82, 2.24) is 15.0 Å². The van der Waals surface area contributed by atoms with Gasteiger partial charge in [-0.1, -0.05) is 6.07 Å². The van der Waals surface area contributed by atoms with Gasteiger partial charge in [-0.05, 0) is 26.0 Å². The summed E-state index contributed by atoms with van der Waals surface area (Å²) in [4.78, 5) is 32.3. The van der Waals surface area contributed by atoms with Crippen molar-refractivity contribution in [3.8, 4) is 17.3 Å². The molecule has 27 heavy (non-hydrogen) atoms. The van der Waals surface area contributed by atoms with Gasteiger partial charge in [0.25, 0.3) is 0 Å². The molecule has 0 fully saturated rings. The van der Waals surface area contributed by atoms with Crippen LogP contribution >= 0.6 is 0 Å². The Labute approximate surface area is 155 Å². The lowest BCUT2D eigenvalue weighted by molar-refractivity contribution is -0.152. The maximum atomic E-state index is 9.72. The minimum Gasteiger partial charge on any atom is -0.491 e. The largest absolute Gasteiger partial charge is 0.491 e. The van der Waals surface area contributed by atoms with Crippen LogP contribution in [0.5, 0.6) is 5.75 Å². The Morgan fingerprint density at radius 1 is 1.22 bits per heavy atom. The molecule has 2 aromatic heterocycles. The number of methoxy groups -OCH3 is 1. The first-order valence-corrected chi connectivity index (χ1v) is 7.96. The first-order chi connectivity index (χ1) is 12.7. The van der Waals surface area contributed by atoms with E-state index in [4.69, 9.17) is 20.1 Å². The van der Waals surface area contributed by atoms with Crippen LogP contribution in [0.15, 0.2) is 30.6 Å². The Morgan fingerprint density at radius 3 is 2.37 bits per heavy atom. The van der Waals surface area contributed by atoms with E-state index < -0.39 is 24.5 Å². The molecule has 1 atom stereocenters. The van der Waals surface area contributed by atoms with Gasteiger partial charge >= 0.3 is 11.9 Å². The molecule has 0 saturated heterocycles. The lowest BCUT2D eigenvalue weighted by Gasteiger charge is -2.13. The predicted octanol–water partition coefficient (Wildman–Crippen LogP) is 1.27. The van der Waals surface area contributed by atoms with E-state index in [1.54, 1.807) is 19.5 Å². The molecule has 0 amide bonds. The van der Waals surface area contributed by atoms with Gasteiger partial charge in [0.15, 0.2) is 23.5 Å². The lowest BCUT2D eigenvalue weighted by atomic mass is 10.3. The quantitative estimate of drug-likeness (QED) is 0.553. The topological polar surface area (TPSA) is 155 Å². The van der Waals surface area contributed by atoms with Crippen LogP contribution in [-0.4, -0.2) is 61.5 Å². The van der Waals surface area contributed by atoms with Crippen molar-refractivity contribution < 1.29 is 29.6 Å². The Kier molecular flexibility index (Phi) is 8.60. The smallest absolute Gasteiger partial charge is 0.333 e. The number of nitrogens with zero attached hydrogens (tertiary/aromatic N) is 3. The van der Waals surface area contributed by atoms with E-state index in [0.29, 0.717) is 17.4 Å². The van der Waals surface area contributed by atoms with Crippen LogP contribution in [-0.2, 0) is 9.59 Å². The van der Waals surface area contributed by atoms with Crippen molar-refractivity contribution >= 4 is 17.8 Å². The fraction of sp³-hybridized carbons (Fsp3) is 0.353. The van der Waals surface area contributed by atoms with Gasteiger partial charge in [0, 0.05) is 12.2 Å². The maximum absolute atomic E-state index is 9.72. The summed E-state index contributed by atoms with van der Waals surface area (Å²) in [5.74, 6) is -0.951. The summed E-state index contributed by atoms with van der Waals surface area (Å²) in [7, 11) is 1.60. The summed E-state index contributed by atoms with van der Waals surface area (Å²) < 4.78 is 5.23. The van der Waals surface area contributed by atoms with Crippen LogP contribution in [0.25, 0.3) is 11.5 Å². The van der Waals surface area contributed by atoms with E-state index in [1.165, 1.54) is 0 Å². The number of ether oxygens (including phenoxy) is 1. The van der Waals surface area contributed by atoms with E-state index in [-0.39, 0.29) is 6.04 Å². The second-order valence-electron chi connectivity index (χ2n) is 5.58. The number of hydrogen-bond acceptors (Lipinski definition) is 8. The Balaban J connectivity index is 0.000000345. The number of anilines is 1. The molecule has 2 aromatic rings. The molecule has 10 heteroatoms. The van der Waals surface area contributed by atoms with Crippen molar-refractivity contribution in [2.75, 3.05) is 12.4 Å². The fourth-order valence-corrected chi connectivity index (χ4v) is 1.77. The molecule has 10 nitrogen and oxygen atoms in total. The Morgan fingerprint density at radius 2 is 1.93 bits per heavy atom. The molecule has 0 aliphatic heterocycles. The van der Waals surface area contributed by atoms with Gasteiger partial charge in [-0.25, -0.2) is 14.8 Å². The van der Waals surface area contributed by atoms with Crippen molar-refractivity contribution in [2.24, 2.45) is 0 Å². The van der Waals surface area contributed by atoms with Gasteiger partial charge in [0.05, 0.1) is 19.7 Å². The minimum atomic E-state index is -1.79. The third kappa shape index (κ3) is 7.65. The summed E-state index contributed by atoms with van der Waals surface area (Å²) in [5.41, 5.74) is 0.743. The standard InChI is InChI=1S/C13H16N4O.C4H6O5/c1-9(2)16-13-11(18-3)8-15-12(17-13)10-6-4-5-7-14-10;5-2(4(8)9)1-3(6)7/h4-9H,1-3H3,(H,15,16,17);2,5H,1H2,(H,6,7)(H,8,9)/t;2-/m.0/s1. The average molecular weight is 378 g/mol. The van der Waals surface area contributed by atoms with E-state index in [2.05, 4.69) is 20.3 Å². The van der Waals surface area contributed by atoms with Crippen molar-refractivity contribution in [3.63, 3.8) is 0 Å². The monoisotopic (exact) mass is 378 g/mol. The highest BCUT2D eigenvalue weighted by Gasteiger charge is 2.16. The maximum Gasteiger partial charge on any atom is 0.333 e. The van der Waals surface area contributed by atoms with Crippen LogP contribution in [0, 0.1) is 0 Å². The molecular weight excluding hydrogens is 356 g/mol. The molecule has 2 rings (SSSR count). The predicted molar refractivity (Wildman–Crippen MR) is 96.5 cm³/mol. The van der Waals surface area contributed by atoms with Crippen LogP contribution in [0.1, 0.15) is 20.3 Å². The van der Waals surface area contributed by atoms with Gasteiger partial charge in [-0.3, -0.25) is 9.78 Å². The van der Waals surface area contributed by atoms with Crippen LogP contribution < -0.4 is 10.1 Å². The molecule has 0 bridgehead atoms. The number of carbonyl (C=O) groups is 2. The molecule has 0 aliphatic rings. The number of aliphatic carboxylic acids is 2. The summed E-state index contributed by atoms with van der Waals surface area (Å²) in [6.07, 6.45) is 0.831. The van der Waals surface area contributed by atoms with E-state index in [1.807, 2.05) is 32.0 Å². The third-order valence-electron chi connectivity index (χ3n) is 2.95. The SMILES string of the molecule is COc1cnc(-c2ccccn2)nc1NC(C)C.O=C(O)C[C@H](O)C(=O)O. The first-order valence-electron chi connectivity index (χ1n) is 7.96. The highest BCUT2D eigenvalue weighted by Crippen LogP contribution is 2.24. The van der Waals surface area contributed by atoms with Crippen molar-refractivity contribution in [1.29, 1.82) is 0 Å². The highest BCUT2D eigenvalue weighted by atomic mass is 16.5. The summed E-state index contributed by atoms with van der Waals surface area (Å²) in [6.45, 7) is 4.09. The van der Waals surface area contributed by atoms with Gasteiger partial charge < -0.3 is 25.4 Å². The van der Waals surface area contributed by atoms with E-state index in [0.717, 1.165) is 5.69 Å². The molecule has 0 unspecified atom stereocenters. The molecule has 0 spiro atoms. The van der Waals surface area contributed by atoms with Crippen LogP contribution in [0.3, 0.4) is 0 Å². The zero-order valence-electron chi connectivity index (χ0n) is 15.2.